The van der Waals surface area contributed by atoms with Crippen LogP contribution in [-0.4, -0.2) is 0 Å². The monoisotopic (exact) mass is 1620 g/mol. The van der Waals surface area contributed by atoms with E-state index in [1.54, 1.807) is 0 Å². The lowest BCUT2D eigenvalue weighted by Crippen LogP contribution is -2.12. The normalized spacial score (nSPS) is 12.1. The van der Waals surface area contributed by atoms with E-state index in [2.05, 4.69) is 411 Å². The zero-order chi connectivity index (χ0) is 83.3. The summed E-state index contributed by atoms with van der Waals surface area (Å²) in [6, 6.07) is 135. The van der Waals surface area contributed by atoms with Gasteiger partial charge in [-0.3, -0.25) is 0 Å². The highest BCUT2D eigenvalue weighted by Gasteiger charge is 2.32. The van der Waals surface area contributed by atoms with Crippen molar-refractivity contribution in [1.29, 1.82) is 0 Å². The Morgan fingerprint density at radius 2 is 0.405 bits per heavy atom. The van der Waals surface area contributed by atoms with Crippen LogP contribution in [0.4, 0.5) is 68.2 Å². The first-order chi connectivity index (χ1) is 62.1. The van der Waals surface area contributed by atoms with Crippen molar-refractivity contribution in [1.82, 2.24) is 0 Å². The number of fused-ring (bicyclic) bond motifs is 26. The molecule has 0 amide bonds. The quantitative estimate of drug-likeness (QED) is 0.111. The number of hydrogen-bond acceptors (Lipinski definition) is 10. The van der Waals surface area contributed by atoms with Gasteiger partial charge in [0, 0.05) is 130 Å². The topological polar surface area (TPSA) is 91.8 Å². The summed E-state index contributed by atoms with van der Waals surface area (Å²) in [5, 5.41) is 20.3. The fraction of sp³-hybridized carbons (Fsp3) is 0.0345. The molecule has 594 valence electrons. The summed E-state index contributed by atoms with van der Waals surface area (Å²) in [4.78, 5) is 9.55. The van der Waals surface area contributed by atoms with Gasteiger partial charge in [0.15, 0.2) is 22.3 Å². The zero-order valence-electron chi connectivity index (χ0n) is 69.0. The van der Waals surface area contributed by atoms with Crippen molar-refractivity contribution < 1.29 is 26.5 Å². The molecule has 0 fully saturated rings. The first-order valence-corrected chi connectivity index (χ1v) is 42.9. The molecule has 20 aromatic carbocycles. The van der Waals surface area contributed by atoms with Crippen LogP contribution >= 0.6 is 0 Å². The second-order valence-electron chi connectivity index (χ2n) is 33.5. The van der Waals surface area contributed by atoms with Crippen molar-refractivity contribution in [3.8, 4) is 11.1 Å². The van der Waals surface area contributed by atoms with E-state index in [1.807, 2.05) is 12.1 Å². The zero-order valence-corrected chi connectivity index (χ0v) is 69.0. The van der Waals surface area contributed by atoms with Gasteiger partial charge in [-0.2, -0.15) is 0 Å². The van der Waals surface area contributed by atoms with E-state index in [0.29, 0.717) is 0 Å². The van der Waals surface area contributed by atoms with Crippen molar-refractivity contribution in [3.63, 3.8) is 0 Å². The lowest BCUT2D eigenvalue weighted by atomic mass is 9.98. The van der Waals surface area contributed by atoms with Gasteiger partial charge in [-0.15, -0.1) is 0 Å². The molecule has 0 saturated carbocycles. The number of benzene rings is 20. The van der Waals surface area contributed by atoms with Crippen LogP contribution in [0.1, 0.15) is 22.3 Å². The molecule has 0 aliphatic carbocycles. The highest BCUT2D eigenvalue weighted by Crippen LogP contribution is 2.56. The molecule has 26 rings (SSSR count). The number of anilines is 12. The number of hydrogen-bond donors (Lipinski definition) is 0. The van der Waals surface area contributed by atoms with Crippen molar-refractivity contribution in [2.75, 3.05) is 19.6 Å². The Morgan fingerprint density at radius 3 is 0.746 bits per heavy atom. The number of furan rings is 6. The van der Waals surface area contributed by atoms with Crippen LogP contribution in [-0.2, 0) is 0 Å². The molecule has 6 heterocycles. The van der Waals surface area contributed by atoms with E-state index in [1.165, 1.54) is 0 Å². The minimum Gasteiger partial charge on any atom is -0.455 e. The summed E-state index contributed by atoms with van der Waals surface area (Å²) >= 11 is 0. The average molecular weight is 1620 g/mol. The fourth-order valence-corrected chi connectivity index (χ4v) is 20.4. The summed E-state index contributed by atoms with van der Waals surface area (Å²) in [6.45, 7) is 8.68. The van der Waals surface area contributed by atoms with Crippen LogP contribution in [0.2, 0.25) is 0 Å². The van der Waals surface area contributed by atoms with E-state index in [0.717, 1.165) is 276 Å². The Morgan fingerprint density at radius 1 is 0.151 bits per heavy atom. The van der Waals surface area contributed by atoms with Gasteiger partial charge >= 0.3 is 0 Å². The van der Waals surface area contributed by atoms with Gasteiger partial charge in [0.25, 0.3) is 0 Å². The Kier molecular flexibility index (Phi) is 15.5. The largest absolute Gasteiger partial charge is 0.455 e. The third kappa shape index (κ3) is 10.7. The molecule has 0 bridgehead atoms. The third-order valence-electron chi connectivity index (χ3n) is 26.1. The number of rotatable bonds is 13. The second-order valence-corrected chi connectivity index (χ2v) is 33.5. The molecule has 0 saturated heterocycles. The van der Waals surface area contributed by atoms with Gasteiger partial charge in [-0.1, -0.05) is 255 Å². The molecular formula is C116H74N4O6. The lowest BCUT2D eigenvalue weighted by molar-refractivity contribution is 0.668. The predicted octanol–water partition coefficient (Wildman–Crippen LogP) is 34.5. The fourth-order valence-electron chi connectivity index (χ4n) is 20.4. The molecule has 0 atom stereocenters. The standard InChI is InChI=1S/C116H74N4O6/c1-67-27-21-31-73(59-67)117(97-49-23-43-87-79-37-15-19-53-105(79)121-113(87)97)101-63-91-92-64-102(76-34-8-12-40-84(76)110(92)125-109(91)83-39-11-7-33-75(83)101)118(74-32-22-28-68(2)60-74)98-50-24-45-89-81-57-55-71(61-107(81)123-114(89)98)72-56-58-82-90-46-26-52-100(116(90)124-108(82)62-72)120(96-48-18-6-30-70(96)4)104-66-94-93-65-103(77-35-9-13-41-85(77)111(93)126-112(94)86-42-14-10-36-78(86)104)119(95-47-17-5-29-69(95)3)99-51-25-44-88-80-38-16-20-54-106(80)122-115(88)99/h5-66H,1-4H3. The third-order valence-corrected chi connectivity index (χ3v) is 26.1. The van der Waals surface area contributed by atoms with Crippen LogP contribution in [0, 0.1) is 27.7 Å². The number of para-hydroxylation sites is 8. The van der Waals surface area contributed by atoms with Crippen molar-refractivity contribution >= 4 is 243 Å². The van der Waals surface area contributed by atoms with Gasteiger partial charge in [0.05, 0.1) is 45.5 Å². The molecule has 6 aromatic heterocycles. The lowest BCUT2D eigenvalue weighted by Gasteiger charge is -2.29. The molecule has 10 nitrogen and oxygen atoms in total. The van der Waals surface area contributed by atoms with E-state index in [4.69, 9.17) is 26.5 Å². The molecule has 0 spiro atoms. The van der Waals surface area contributed by atoms with Crippen LogP contribution in [0.3, 0.4) is 0 Å². The summed E-state index contributed by atoms with van der Waals surface area (Å²) in [7, 11) is 0. The second kappa shape index (κ2) is 27.5. The van der Waals surface area contributed by atoms with Crippen LogP contribution in [0.15, 0.2) is 403 Å². The van der Waals surface area contributed by atoms with Crippen LogP contribution in [0.25, 0.3) is 186 Å². The summed E-state index contributed by atoms with van der Waals surface area (Å²) in [5.41, 5.74) is 27.8. The SMILES string of the molecule is Cc1cccc(N(c2cc3c4cc(N(c5cccc(C)c5)c5cccc6c5oc5cc(-c7ccc8c(c7)oc7c(N(c9ccccc9C)c9cc%10c%11cc(N(c%12ccccc%12C)c%12cccc%13c%12oc%12ccccc%12%13)c%12ccccc%12c%11oc%10c%10ccccc9%10)cccc78)ccc56)c5ccccc5c4oc3c3ccccc23)c2cccc3c2oc2ccccc23)c1. The first kappa shape index (κ1) is 71.2. The molecular weight excluding hydrogens is 1550 g/mol. The molecule has 0 radical (unpaired) electrons. The van der Waals surface area contributed by atoms with Gasteiger partial charge in [-0.05, 0) is 182 Å². The summed E-state index contributed by atoms with van der Waals surface area (Å²) in [6.07, 6.45) is 0. The summed E-state index contributed by atoms with van der Waals surface area (Å²) in [5.74, 6) is 0. The molecule has 0 aliphatic rings. The predicted molar refractivity (Wildman–Crippen MR) is 523 cm³/mol. The number of aryl methyl sites for hydroxylation is 4. The van der Waals surface area contributed by atoms with E-state index in [9.17, 15) is 0 Å². The Labute approximate surface area is 721 Å². The van der Waals surface area contributed by atoms with Crippen molar-refractivity contribution in [3.05, 3.63) is 398 Å². The average Bonchev–Trinajstić information content (AvgIpc) is 1.55. The minimum atomic E-state index is 0.761. The maximum atomic E-state index is 7.43. The molecule has 10 heteroatoms. The van der Waals surface area contributed by atoms with Crippen LogP contribution < -0.4 is 19.6 Å². The van der Waals surface area contributed by atoms with Gasteiger partial charge < -0.3 is 46.1 Å². The van der Waals surface area contributed by atoms with Gasteiger partial charge in [-0.25, -0.2) is 0 Å². The maximum Gasteiger partial charge on any atom is 0.159 e. The first-order valence-electron chi connectivity index (χ1n) is 42.9. The Balaban J connectivity index is 0.617. The Hall–Kier alpha value is -16.6. The minimum absolute atomic E-state index is 0.761. The van der Waals surface area contributed by atoms with Crippen molar-refractivity contribution in [2.24, 2.45) is 0 Å². The van der Waals surface area contributed by atoms with E-state index >= 15 is 0 Å². The smallest absolute Gasteiger partial charge is 0.159 e. The van der Waals surface area contributed by atoms with Crippen molar-refractivity contribution in [2.45, 2.75) is 27.7 Å². The maximum absolute atomic E-state index is 7.43. The summed E-state index contributed by atoms with van der Waals surface area (Å²) < 4.78 is 43.4. The highest BCUT2D eigenvalue weighted by atomic mass is 16.4. The van der Waals surface area contributed by atoms with Crippen LogP contribution in [0.5, 0.6) is 0 Å². The molecule has 0 aliphatic heterocycles. The van der Waals surface area contributed by atoms with Gasteiger partial charge in [0.1, 0.15) is 44.7 Å². The van der Waals surface area contributed by atoms with E-state index in [-0.39, 0.29) is 0 Å². The Bertz CT molecular complexity index is 9120. The molecule has 0 unspecified atom stereocenters. The number of nitrogens with zero attached hydrogens (tertiary/aromatic N) is 4. The molecule has 26 aromatic rings. The van der Waals surface area contributed by atoms with Gasteiger partial charge in [0.2, 0.25) is 0 Å². The van der Waals surface area contributed by atoms with E-state index < -0.39 is 0 Å². The molecule has 0 N–H and O–H groups in total. The molecule has 126 heavy (non-hydrogen) atoms. The highest BCUT2D eigenvalue weighted by molar-refractivity contribution is 6.29.